The molecule has 2 heterocycles. The zero-order valence-electron chi connectivity index (χ0n) is 13.8. The van der Waals surface area contributed by atoms with Gasteiger partial charge in [-0.25, -0.2) is 4.99 Å². The molecule has 0 saturated heterocycles. The van der Waals surface area contributed by atoms with Gasteiger partial charge in [0.15, 0.2) is 5.75 Å². The Labute approximate surface area is 156 Å². The Morgan fingerprint density at radius 2 is 2.00 bits per heavy atom. The molecule has 2 aromatic rings. The van der Waals surface area contributed by atoms with Crippen LogP contribution in [-0.4, -0.2) is 30.8 Å². The van der Waals surface area contributed by atoms with Crippen LogP contribution in [0.15, 0.2) is 39.9 Å². The van der Waals surface area contributed by atoms with E-state index in [1.165, 1.54) is 0 Å². The quantitative estimate of drug-likeness (QED) is 0.656. The van der Waals surface area contributed by atoms with Crippen LogP contribution in [0.5, 0.6) is 5.75 Å². The van der Waals surface area contributed by atoms with Gasteiger partial charge >= 0.3 is 0 Å². The van der Waals surface area contributed by atoms with E-state index in [0.717, 1.165) is 29.9 Å². The number of hydrogen-bond donors (Lipinski definition) is 0. The molecule has 0 aliphatic carbocycles. The molecule has 0 radical (unpaired) electrons. The van der Waals surface area contributed by atoms with Crippen molar-refractivity contribution < 1.29 is 14.0 Å². The number of benzene rings is 1. The van der Waals surface area contributed by atoms with E-state index in [-0.39, 0.29) is 0 Å². The largest absolute Gasteiger partial charge is 0.486 e. The third-order valence-corrected chi connectivity index (χ3v) is 4.12. The first kappa shape index (κ1) is 17.8. The summed E-state index contributed by atoms with van der Waals surface area (Å²) in [5.41, 5.74) is 1.65. The van der Waals surface area contributed by atoms with E-state index in [1.807, 2.05) is 25.1 Å². The third-order valence-electron chi connectivity index (χ3n) is 3.56. The molecule has 7 heteroatoms. The van der Waals surface area contributed by atoms with Crippen LogP contribution in [0.1, 0.15) is 23.4 Å². The molecule has 1 aliphatic heterocycles. The number of aliphatic imine (C=N–C) groups is 1. The van der Waals surface area contributed by atoms with Crippen LogP contribution in [0.3, 0.4) is 0 Å². The highest BCUT2D eigenvalue weighted by Crippen LogP contribution is 2.34. The smallest absolute Gasteiger partial charge is 0.216 e. The molecule has 1 aliphatic rings. The van der Waals surface area contributed by atoms with E-state index in [2.05, 4.69) is 10.1 Å². The van der Waals surface area contributed by atoms with E-state index in [4.69, 9.17) is 37.2 Å². The summed E-state index contributed by atoms with van der Waals surface area (Å²) in [5, 5.41) is 4.73. The van der Waals surface area contributed by atoms with Gasteiger partial charge in [-0.05, 0) is 25.5 Å². The highest BCUT2D eigenvalue weighted by atomic mass is 35.5. The van der Waals surface area contributed by atoms with Gasteiger partial charge in [0.05, 0.1) is 22.3 Å². The fraction of sp³-hybridized carbons (Fsp3) is 0.333. The Kier molecular flexibility index (Phi) is 6.00. The molecule has 5 nitrogen and oxygen atoms in total. The fourth-order valence-electron chi connectivity index (χ4n) is 2.41. The van der Waals surface area contributed by atoms with Gasteiger partial charge in [0.2, 0.25) is 5.90 Å². The van der Waals surface area contributed by atoms with Crippen molar-refractivity contribution in [1.29, 1.82) is 0 Å². The van der Waals surface area contributed by atoms with Crippen molar-refractivity contribution in [2.45, 2.75) is 19.8 Å². The van der Waals surface area contributed by atoms with Crippen LogP contribution in [0.25, 0.3) is 0 Å². The number of aryl methyl sites for hydroxylation is 2. The minimum absolute atomic E-state index is 0.381. The summed E-state index contributed by atoms with van der Waals surface area (Å²) in [6.45, 7) is 3.52. The highest BCUT2D eigenvalue weighted by molar-refractivity contribution is 6.37. The Morgan fingerprint density at radius 3 is 2.64 bits per heavy atom. The predicted octanol–water partition coefficient (Wildman–Crippen LogP) is 4.63. The Balaban J connectivity index is 1.51. The Bertz CT molecular complexity index is 776. The molecule has 0 bridgehead atoms. The zero-order valence-corrected chi connectivity index (χ0v) is 15.3. The van der Waals surface area contributed by atoms with Crippen LogP contribution < -0.4 is 4.74 Å². The minimum atomic E-state index is 0.381. The predicted molar refractivity (Wildman–Crippen MR) is 98.0 cm³/mol. The number of ether oxygens (including phenoxy) is 2. The fourth-order valence-corrected chi connectivity index (χ4v) is 3.00. The molecule has 1 aromatic heterocycles. The minimum Gasteiger partial charge on any atom is -0.486 e. The average Bonchev–Trinajstić information content (AvgIpc) is 3.24. The van der Waals surface area contributed by atoms with E-state index >= 15 is 0 Å². The van der Waals surface area contributed by atoms with Gasteiger partial charge in [0.1, 0.15) is 19.0 Å². The number of hydrogen-bond acceptors (Lipinski definition) is 5. The van der Waals surface area contributed by atoms with Crippen molar-refractivity contribution in [1.82, 2.24) is 5.16 Å². The maximum atomic E-state index is 6.27. The van der Waals surface area contributed by atoms with Crippen molar-refractivity contribution in [3.05, 3.63) is 57.4 Å². The maximum absolute atomic E-state index is 6.27. The monoisotopic (exact) mass is 380 g/mol. The maximum Gasteiger partial charge on any atom is 0.216 e. The van der Waals surface area contributed by atoms with Crippen molar-refractivity contribution in [2.75, 3.05) is 19.8 Å². The highest BCUT2D eigenvalue weighted by Gasteiger charge is 2.16. The lowest BCUT2D eigenvalue weighted by molar-refractivity contribution is 0.348. The van der Waals surface area contributed by atoms with Gasteiger partial charge in [-0.1, -0.05) is 40.5 Å². The second kappa shape index (κ2) is 8.41. The Hall–Kier alpha value is -1.98. The molecule has 0 fully saturated rings. The molecule has 0 saturated carbocycles. The summed E-state index contributed by atoms with van der Waals surface area (Å²) in [7, 11) is 0. The average molecular weight is 381 g/mol. The van der Waals surface area contributed by atoms with Crippen molar-refractivity contribution in [2.24, 2.45) is 4.99 Å². The Morgan fingerprint density at radius 1 is 1.20 bits per heavy atom. The number of rotatable bonds is 7. The molecular weight excluding hydrogens is 363 g/mol. The van der Waals surface area contributed by atoms with Crippen LogP contribution in [-0.2, 0) is 11.2 Å². The molecule has 0 spiro atoms. The van der Waals surface area contributed by atoms with Gasteiger partial charge in [-0.3, -0.25) is 0 Å². The first-order chi connectivity index (χ1) is 12.1. The molecular formula is C18H18Cl2N2O3. The van der Waals surface area contributed by atoms with Crippen LogP contribution in [0.2, 0.25) is 10.0 Å². The van der Waals surface area contributed by atoms with E-state index in [1.54, 1.807) is 12.1 Å². The van der Waals surface area contributed by atoms with Gasteiger partial charge in [-0.15, -0.1) is 0 Å². The number of halogens is 2. The summed E-state index contributed by atoms with van der Waals surface area (Å²) >= 11 is 12.5. The molecule has 0 unspecified atom stereocenters. The van der Waals surface area contributed by atoms with Gasteiger partial charge < -0.3 is 14.0 Å². The normalized spacial score (nSPS) is 14.0. The van der Waals surface area contributed by atoms with Crippen molar-refractivity contribution in [3.63, 3.8) is 0 Å². The summed E-state index contributed by atoms with van der Waals surface area (Å²) in [6.07, 6.45) is 5.59. The van der Waals surface area contributed by atoms with Crippen LogP contribution in [0.4, 0.5) is 0 Å². The first-order valence-electron chi connectivity index (χ1n) is 8.00. The number of allylic oxidation sites excluding steroid dienone is 1. The van der Waals surface area contributed by atoms with Crippen molar-refractivity contribution >= 4 is 29.1 Å². The summed E-state index contributed by atoms with van der Waals surface area (Å²) in [4.78, 5) is 4.25. The standard InChI is InChI=1S/C18H18Cl2N2O3/c1-12-9-14(25-22-12)5-3-2-4-7-23-17-15(19)10-13(11-16(17)20)18-21-6-8-24-18/h2,4,9-11H,3,5-8H2,1H3. The van der Waals surface area contributed by atoms with Crippen LogP contribution >= 0.6 is 23.2 Å². The summed E-state index contributed by atoms with van der Waals surface area (Å²) < 4.78 is 16.3. The van der Waals surface area contributed by atoms with E-state index < -0.39 is 0 Å². The lowest BCUT2D eigenvalue weighted by Crippen LogP contribution is -2.02. The van der Waals surface area contributed by atoms with Crippen LogP contribution in [0, 0.1) is 6.92 Å². The zero-order chi connectivity index (χ0) is 17.6. The second-order valence-corrected chi connectivity index (χ2v) is 6.37. The number of aromatic nitrogens is 1. The second-order valence-electron chi connectivity index (χ2n) is 5.56. The number of nitrogens with zero attached hydrogens (tertiary/aromatic N) is 2. The van der Waals surface area contributed by atoms with Gasteiger partial charge in [-0.2, -0.15) is 0 Å². The molecule has 3 rings (SSSR count). The van der Waals surface area contributed by atoms with E-state index in [9.17, 15) is 0 Å². The first-order valence-corrected chi connectivity index (χ1v) is 8.76. The third kappa shape index (κ3) is 4.77. The lowest BCUT2D eigenvalue weighted by Gasteiger charge is -2.10. The van der Waals surface area contributed by atoms with Gasteiger partial charge in [0, 0.05) is 18.1 Å². The van der Waals surface area contributed by atoms with Gasteiger partial charge in [0.25, 0.3) is 0 Å². The SMILES string of the molecule is Cc1cc(CCC=CCOc2c(Cl)cc(C3=NCCO3)cc2Cl)on1. The van der Waals surface area contributed by atoms with E-state index in [0.29, 0.717) is 41.5 Å². The summed E-state index contributed by atoms with van der Waals surface area (Å²) in [5.74, 6) is 1.90. The molecule has 0 amide bonds. The molecule has 0 N–H and O–H groups in total. The van der Waals surface area contributed by atoms with Crippen molar-refractivity contribution in [3.8, 4) is 5.75 Å². The molecule has 25 heavy (non-hydrogen) atoms. The lowest BCUT2D eigenvalue weighted by atomic mass is 10.2. The topological polar surface area (TPSA) is 56.9 Å². The molecule has 0 atom stereocenters. The molecule has 1 aromatic carbocycles. The molecule has 132 valence electrons. The summed E-state index contributed by atoms with van der Waals surface area (Å²) in [6, 6.07) is 5.44.